The van der Waals surface area contributed by atoms with Crippen molar-refractivity contribution in [1.29, 1.82) is 0 Å². The molecule has 37 heavy (non-hydrogen) atoms. The normalized spacial score (nSPS) is 15.1. The van der Waals surface area contributed by atoms with Gasteiger partial charge in [0.2, 0.25) is 5.75 Å². The van der Waals surface area contributed by atoms with Crippen molar-refractivity contribution in [2.45, 2.75) is 18.9 Å². The smallest absolute Gasteiger partial charge is 0.469 e. The van der Waals surface area contributed by atoms with Gasteiger partial charge in [-0.15, -0.1) is 0 Å². The summed E-state index contributed by atoms with van der Waals surface area (Å²) in [7, 11) is -4.72. The number of aromatic nitrogens is 2. The molecule has 11 heteroatoms. The lowest BCUT2D eigenvalue weighted by Crippen LogP contribution is -2.35. The predicted molar refractivity (Wildman–Crippen MR) is 136 cm³/mol. The molecule has 1 aromatic heterocycles. The van der Waals surface area contributed by atoms with Gasteiger partial charge in [0.15, 0.2) is 0 Å². The largest absolute Gasteiger partial charge is 0.502 e. The van der Waals surface area contributed by atoms with Gasteiger partial charge in [0.25, 0.3) is 5.56 Å². The molecule has 0 spiro atoms. The molecule has 0 amide bonds. The lowest BCUT2D eigenvalue weighted by Gasteiger charge is -2.26. The molecule has 0 radical (unpaired) electrons. The van der Waals surface area contributed by atoms with Gasteiger partial charge in [-0.1, -0.05) is 36.1 Å². The summed E-state index contributed by atoms with van der Waals surface area (Å²) in [5, 5.41) is 10.0. The fourth-order valence-electron chi connectivity index (χ4n) is 3.97. The van der Waals surface area contributed by atoms with Crippen LogP contribution in [0.25, 0.3) is 0 Å². The molecule has 1 saturated heterocycles. The van der Waals surface area contributed by atoms with Gasteiger partial charge in [0, 0.05) is 43.1 Å². The van der Waals surface area contributed by atoms with Crippen LogP contribution in [0.1, 0.15) is 33.9 Å². The maximum absolute atomic E-state index is 11.7. The number of hydrogen-bond acceptors (Lipinski definition) is 7. The average molecular weight is 525 g/mol. The second-order valence-electron chi connectivity index (χ2n) is 8.67. The molecule has 1 fully saturated rings. The summed E-state index contributed by atoms with van der Waals surface area (Å²) in [5.74, 6) is 5.15. The molecule has 1 aliphatic heterocycles. The maximum Gasteiger partial charge on any atom is 0.469 e. The summed E-state index contributed by atoms with van der Waals surface area (Å²) in [5.41, 5.74) is 2.96. The minimum absolute atomic E-state index is 0.0393. The van der Waals surface area contributed by atoms with E-state index in [0.717, 1.165) is 50.3 Å². The highest BCUT2D eigenvalue weighted by Crippen LogP contribution is 2.38. The number of morpholine rings is 1. The number of rotatable bonds is 8. The molecule has 2 aromatic carbocycles. The van der Waals surface area contributed by atoms with Crippen LogP contribution in [0.15, 0.2) is 59.7 Å². The van der Waals surface area contributed by atoms with E-state index >= 15 is 0 Å². The Balaban J connectivity index is 1.44. The van der Waals surface area contributed by atoms with Crippen LogP contribution in [0.4, 0.5) is 0 Å². The van der Waals surface area contributed by atoms with Gasteiger partial charge in [-0.05, 0) is 35.4 Å². The van der Waals surface area contributed by atoms with Gasteiger partial charge in [-0.2, -0.15) is 0 Å². The third-order valence-electron chi connectivity index (χ3n) is 5.99. The van der Waals surface area contributed by atoms with Crippen molar-refractivity contribution in [2.24, 2.45) is 0 Å². The van der Waals surface area contributed by atoms with Crippen LogP contribution in [0.3, 0.4) is 0 Å². The Labute approximate surface area is 214 Å². The number of aromatic hydroxyl groups is 1. The van der Waals surface area contributed by atoms with Crippen LogP contribution >= 0.6 is 7.82 Å². The van der Waals surface area contributed by atoms with Gasteiger partial charge in [0.05, 0.1) is 31.8 Å². The number of nitrogens with zero attached hydrogens (tertiary/aromatic N) is 2. The van der Waals surface area contributed by atoms with E-state index in [9.17, 15) is 14.5 Å². The van der Waals surface area contributed by atoms with Gasteiger partial charge >= 0.3 is 7.82 Å². The van der Waals surface area contributed by atoms with Gasteiger partial charge in [-0.25, -0.2) is 9.55 Å². The van der Waals surface area contributed by atoms with E-state index in [1.807, 2.05) is 12.1 Å². The Bertz CT molecular complexity index is 1350. The van der Waals surface area contributed by atoms with Crippen LogP contribution in [0.2, 0.25) is 0 Å². The quantitative estimate of drug-likeness (QED) is 0.257. The van der Waals surface area contributed by atoms with Crippen molar-refractivity contribution >= 4 is 7.82 Å². The van der Waals surface area contributed by atoms with Crippen LogP contribution in [0.5, 0.6) is 5.75 Å². The monoisotopic (exact) mass is 525 g/mol. The Morgan fingerprint density at radius 1 is 1.05 bits per heavy atom. The minimum atomic E-state index is -4.72. The van der Waals surface area contributed by atoms with Crippen LogP contribution < -0.4 is 5.56 Å². The molecule has 0 saturated carbocycles. The lowest BCUT2D eigenvalue weighted by atomic mass is 9.94. The van der Waals surface area contributed by atoms with Gasteiger partial charge in [-0.3, -0.25) is 14.2 Å². The van der Waals surface area contributed by atoms with E-state index < -0.39 is 25.0 Å². The van der Waals surface area contributed by atoms with E-state index in [-0.39, 0.29) is 18.7 Å². The molecule has 2 heterocycles. The summed E-state index contributed by atoms with van der Waals surface area (Å²) in [6, 6.07) is 15.3. The fourth-order valence-corrected chi connectivity index (χ4v) is 4.34. The molecular formula is C26H28N3O7P. The highest BCUT2D eigenvalue weighted by atomic mass is 31.2. The first-order valence-corrected chi connectivity index (χ1v) is 13.3. The molecule has 3 aromatic rings. The number of aromatic amines is 1. The van der Waals surface area contributed by atoms with E-state index in [1.165, 1.54) is 5.56 Å². The molecule has 10 nitrogen and oxygen atoms in total. The Kier molecular flexibility index (Phi) is 8.90. The van der Waals surface area contributed by atoms with Crippen molar-refractivity contribution in [1.82, 2.24) is 14.9 Å². The predicted octanol–water partition coefficient (Wildman–Crippen LogP) is 2.14. The van der Waals surface area contributed by atoms with Gasteiger partial charge in [0.1, 0.15) is 0 Å². The second kappa shape index (κ2) is 12.3. The van der Waals surface area contributed by atoms with E-state index in [0.29, 0.717) is 5.56 Å². The Morgan fingerprint density at radius 2 is 1.68 bits per heavy atom. The molecule has 1 aliphatic rings. The molecule has 4 rings (SSSR count). The lowest BCUT2D eigenvalue weighted by molar-refractivity contribution is 0.0342. The van der Waals surface area contributed by atoms with Crippen molar-refractivity contribution in [2.75, 3.05) is 32.9 Å². The Morgan fingerprint density at radius 3 is 2.30 bits per heavy atom. The van der Waals surface area contributed by atoms with Gasteiger partial charge < -0.3 is 24.6 Å². The SMILES string of the molecule is O=c1[nH]cnc(CC(COP(=O)(O)O)c2ccc(C#Cc3ccc(CN4CCOCC4)cc3)cc2)c1O. The van der Waals surface area contributed by atoms with Crippen molar-refractivity contribution in [3.8, 4) is 17.6 Å². The van der Waals surface area contributed by atoms with Crippen LogP contribution in [0, 0.1) is 11.8 Å². The highest BCUT2D eigenvalue weighted by Gasteiger charge is 2.22. The Hall–Kier alpha value is -3.29. The number of phosphoric acid groups is 1. The van der Waals surface area contributed by atoms with Crippen molar-refractivity contribution < 1.29 is 28.7 Å². The summed E-state index contributed by atoms with van der Waals surface area (Å²) >= 11 is 0. The standard InChI is InChI=1S/C26H28N3O7P/c30-25-24(27-18-28-26(25)31)15-23(17-36-37(32,33)34)22-9-7-20(8-10-22)2-1-19-3-5-21(6-4-19)16-29-11-13-35-14-12-29/h3-10,18,23,30H,11-17H2,(H,27,28,31)(H2,32,33,34). The zero-order valence-electron chi connectivity index (χ0n) is 20.0. The number of benzene rings is 2. The number of nitrogens with one attached hydrogen (secondary N) is 1. The maximum atomic E-state index is 11.7. The van der Waals surface area contributed by atoms with Crippen LogP contribution in [-0.4, -0.2) is 62.7 Å². The third-order valence-corrected chi connectivity index (χ3v) is 6.47. The molecule has 0 aliphatic carbocycles. The zero-order chi connectivity index (χ0) is 26.3. The number of hydrogen-bond donors (Lipinski definition) is 4. The average Bonchev–Trinajstić information content (AvgIpc) is 2.89. The van der Waals surface area contributed by atoms with E-state index in [4.69, 9.17) is 19.0 Å². The molecule has 4 N–H and O–H groups in total. The first kappa shape index (κ1) is 26.8. The molecule has 0 bridgehead atoms. The van der Waals surface area contributed by atoms with Crippen LogP contribution in [-0.2, 0) is 26.8 Å². The summed E-state index contributed by atoms with van der Waals surface area (Å²) < 4.78 is 21.4. The summed E-state index contributed by atoms with van der Waals surface area (Å²) in [6.45, 7) is 3.96. The third kappa shape index (κ3) is 8.10. The number of phosphoric ester groups is 1. The van der Waals surface area contributed by atoms with Crippen molar-refractivity contribution in [3.63, 3.8) is 0 Å². The molecule has 1 unspecified atom stereocenters. The van der Waals surface area contributed by atoms with E-state index in [1.54, 1.807) is 24.3 Å². The molecular weight excluding hydrogens is 497 g/mol. The summed E-state index contributed by atoms with van der Waals surface area (Å²) in [4.78, 5) is 38.6. The molecule has 1 atom stereocenters. The first-order valence-electron chi connectivity index (χ1n) is 11.7. The number of ether oxygens (including phenoxy) is 1. The topological polar surface area (TPSA) is 145 Å². The van der Waals surface area contributed by atoms with E-state index in [2.05, 4.69) is 38.8 Å². The second-order valence-corrected chi connectivity index (χ2v) is 9.91. The summed E-state index contributed by atoms with van der Waals surface area (Å²) in [6.07, 6.45) is 1.20. The zero-order valence-corrected chi connectivity index (χ0v) is 20.9. The number of H-pyrrole nitrogens is 1. The van der Waals surface area contributed by atoms with Crippen molar-refractivity contribution in [3.05, 3.63) is 93.2 Å². The molecule has 194 valence electrons. The first-order chi connectivity index (χ1) is 17.8. The fraction of sp³-hybridized carbons (Fsp3) is 0.308. The minimum Gasteiger partial charge on any atom is -0.502 e. The highest BCUT2D eigenvalue weighted by molar-refractivity contribution is 7.46.